The number of anilines is 1. The van der Waals surface area contributed by atoms with E-state index < -0.39 is 0 Å². The number of para-hydroxylation sites is 2. The van der Waals surface area contributed by atoms with Gasteiger partial charge >= 0.3 is 0 Å². The van der Waals surface area contributed by atoms with E-state index in [1.54, 1.807) is 0 Å². The Balaban J connectivity index is 1.23. The van der Waals surface area contributed by atoms with Crippen molar-refractivity contribution in [1.29, 1.82) is 0 Å². The lowest BCUT2D eigenvalue weighted by Crippen LogP contribution is -2.47. The van der Waals surface area contributed by atoms with Crippen molar-refractivity contribution in [2.75, 3.05) is 44.2 Å². The van der Waals surface area contributed by atoms with Crippen LogP contribution in [0, 0.1) is 5.92 Å². The molecule has 3 fully saturated rings. The van der Waals surface area contributed by atoms with Crippen molar-refractivity contribution < 1.29 is 14.3 Å². The molecule has 0 aromatic heterocycles. The lowest BCUT2D eigenvalue weighted by molar-refractivity contribution is -0.139. The quantitative estimate of drug-likeness (QED) is 0.608. The average Bonchev–Trinajstić information content (AvgIpc) is 3.55. The van der Waals surface area contributed by atoms with Crippen LogP contribution in [0.5, 0.6) is 5.75 Å². The standard InChI is InChI=1S/C24H36N4O3/c1-17(2)31-21-8-5-4-7-20(21)27-15-13-26(14-16-27)11-6-12-28-23(29)18(3)22(24(28)30)25-19-9-10-19/h4-5,7-8,17-19,22,25H,6,9-16H2,1-3H3. The summed E-state index contributed by atoms with van der Waals surface area (Å²) in [7, 11) is 0. The maximum Gasteiger partial charge on any atom is 0.247 e. The number of carbonyl (C=O) groups excluding carboxylic acids is 2. The number of likely N-dealkylation sites (tertiary alicyclic amines) is 1. The molecule has 1 aliphatic carbocycles. The predicted molar refractivity (Wildman–Crippen MR) is 121 cm³/mol. The lowest BCUT2D eigenvalue weighted by Gasteiger charge is -2.37. The monoisotopic (exact) mass is 428 g/mol. The van der Waals surface area contributed by atoms with Crippen molar-refractivity contribution in [2.45, 2.75) is 58.2 Å². The molecule has 1 saturated carbocycles. The number of hydrogen-bond acceptors (Lipinski definition) is 6. The highest BCUT2D eigenvalue weighted by molar-refractivity contribution is 6.06. The van der Waals surface area contributed by atoms with Gasteiger partial charge in [0.25, 0.3) is 0 Å². The van der Waals surface area contributed by atoms with Gasteiger partial charge in [0, 0.05) is 38.8 Å². The van der Waals surface area contributed by atoms with E-state index in [2.05, 4.69) is 41.1 Å². The Bertz CT molecular complexity index is 787. The summed E-state index contributed by atoms with van der Waals surface area (Å²) in [6.07, 6.45) is 3.21. The van der Waals surface area contributed by atoms with Crippen LogP contribution >= 0.6 is 0 Å². The predicted octanol–water partition coefficient (Wildman–Crippen LogP) is 2.11. The summed E-state index contributed by atoms with van der Waals surface area (Å²) in [5.41, 5.74) is 1.16. The molecule has 31 heavy (non-hydrogen) atoms. The maximum absolute atomic E-state index is 12.7. The Morgan fingerprint density at radius 3 is 2.42 bits per heavy atom. The molecular formula is C24H36N4O3. The van der Waals surface area contributed by atoms with E-state index >= 15 is 0 Å². The highest BCUT2D eigenvalue weighted by Crippen LogP contribution is 2.30. The van der Waals surface area contributed by atoms with Gasteiger partial charge < -0.3 is 15.0 Å². The molecule has 7 heteroatoms. The van der Waals surface area contributed by atoms with Crippen LogP contribution in [0.4, 0.5) is 5.69 Å². The maximum atomic E-state index is 12.7. The van der Waals surface area contributed by atoms with Gasteiger partial charge in [0.1, 0.15) is 5.75 Å². The van der Waals surface area contributed by atoms with Crippen LogP contribution in [0.1, 0.15) is 40.0 Å². The van der Waals surface area contributed by atoms with Crippen LogP contribution in [-0.2, 0) is 9.59 Å². The zero-order chi connectivity index (χ0) is 22.0. The Morgan fingerprint density at radius 1 is 1.03 bits per heavy atom. The number of carbonyl (C=O) groups is 2. The highest BCUT2D eigenvalue weighted by atomic mass is 16.5. The van der Waals surface area contributed by atoms with Gasteiger partial charge in [-0.1, -0.05) is 19.1 Å². The van der Waals surface area contributed by atoms with Crippen molar-refractivity contribution in [2.24, 2.45) is 5.92 Å². The van der Waals surface area contributed by atoms with E-state index in [1.807, 2.05) is 19.1 Å². The molecule has 0 spiro atoms. The van der Waals surface area contributed by atoms with Crippen LogP contribution in [0.3, 0.4) is 0 Å². The van der Waals surface area contributed by atoms with Gasteiger partial charge in [-0.05, 0) is 51.8 Å². The third kappa shape index (κ3) is 5.21. The fraction of sp³-hybridized carbons (Fsp3) is 0.667. The molecule has 7 nitrogen and oxygen atoms in total. The SMILES string of the molecule is CC(C)Oc1ccccc1N1CCN(CCCN2C(=O)C(C)C(NC3CC3)C2=O)CC1. The topological polar surface area (TPSA) is 65.1 Å². The van der Waals surface area contributed by atoms with Crippen molar-refractivity contribution in [3.63, 3.8) is 0 Å². The van der Waals surface area contributed by atoms with Gasteiger partial charge in [-0.2, -0.15) is 0 Å². The number of imide groups is 1. The van der Waals surface area contributed by atoms with E-state index in [9.17, 15) is 9.59 Å². The number of nitrogens with zero attached hydrogens (tertiary/aromatic N) is 3. The van der Waals surface area contributed by atoms with Crippen LogP contribution in [0.15, 0.2) is 24.3 Å². The van der Waals surface area contributed by atoms with E-state index in [0.717, 1.165) is 63.4 Å². The normalized spacial score (nSPS) is 25.0. The van der Waals surface area contributed by atoms with Gasteiger partial charge in [-0.3, -0.25) is 19.4 Å². The zero-order valence-electron chi connectivity index (χ0n) is 19.0. The van der Waals surface area contributed by atoms with E-state index in [-0.39, 0.29) is 29.9 Å². The molecule has 0 radical (unpaired) electrons. The average molecular weight is 429 g/mol. The van der Waals surface area contributed by atoms with Gasteiger partial charge in [-0.15, -0.1) is 0 Å². The molecule has 1 N–H and O–H groups in total. The Kier molecular flexibility index (Phi) is 6.82. The van der Waals surface area contributed by atoms with Gasteiger partial charge in [0.2, 0.25) is 11.8 Å². The lowest BCUT2D eigenvalue weighted by atomic mass is 10.1. The number of piperazine rings is 1. The summed E-state index contributed by atoms with van der Waals surface area (Å²) in [5, 5.41) is 3.35. The van der Waals surface area contributed by atoms with Crippen molar-refractivity contribution in [3.05, 3.63) is 24.3 Å². The number of ether oxygens (including phenoxy) is 1. The van der Waals surface area contributed by atoms with Crippen LogP contribution < -0.4 is 15.0 Å². The summed E-state index contributed by atoms with van der Waals surface area (Å²) in [5.74, 6) is 0.649. The van der Waals surface area contributed by atoms with Gasteiger partial charge in [0.05, 0.1) is 23.8 Å². The minimum absolute atomic E-state index is 0.0188. The smallest absolute Gasteiger partial charge is 0.247 e. The van der Waals surface area contributed by atoms with E-state index in [4.69, 9.17) is 4.74 Å². The third-order valence-electron chi connectivity index (χ3n) is 6.48. The Morgan fingerprint density at radius 2 is 1.74 bits per heavy atom. The molecular weight excluding hydrogens is 392 g/mol. The van der Waals surface area contributed by atoms with Crippen molar-refractivity contribution in [1.82, 2.24) is 15.1 Å². The van der Waals surface area contributed by atoms with Crippen molar-refractivity contribution in [3.8, 4) is 5.75 Å². The number of amides is 2. The highest BCUT2D eigenvalue weighted by Gasteiger charge is 2.46. The molecule has 1 aromatic rings. The molecule has 0 bridgehead atoms. The molecule has 3 aliphatic rings. The zero-order valence-corrected chi connectivity index (χ0v) is 19.0. The minimum Gasteiger partial charge on any atom is -0.489 e. The first-order chi connectivity index (χ1) is 14.9. The Labute approximate surface area is 185 Å². The van der Waals surface area contributed by atoms with Gasteiger partial charge in [-0.25, -0.2) is 0 Å². The summed E-state index contributed by atoms with van der Waals surface area (Å²) in [4.78, 5) is 31.5. The third-order valence-corrected chi connectivity index (χ3v) is 6.48. The fourth-order valence-corrected chi connectivity index (χ4v) is 4.56. The number of benzene rings is 1. The molecule has 2 aliphatic heterocycles. The fourth-order valence-electron chi connectivity index (χ4n) is 4.56. The molecule has 170 valence electrons. The molecule has 2 amide bonds. The second kappa shape index (κ2) is 9.57. The molecule has 1 aromatic carbocycles. The molecule has 4 rings (SSSR count). The first kappa shape index (κ1) is 22.1. The van der Waals surface area contributed by atoms with Gasteiger partial charge in [0.15, 0.2) is 0 Å². The first-order valence-corrected chi connectivity index (χ1v) is 11.8. The number of rotatable bonds is 9. The molecule has 2 unspecified atom stereocenters. The number of hydrogen-bond donors (Lipinski definition) is 1. The summed E-state index contributed by atoms with van der Waals surface area (Å²) >= 11 is 0. The minimum atomic E-state index is -0.323. The van der Waals surface area contributed by atoms with Crippen LogP contribution in [-0.4, -0.2) is 79.1 Å². The van der Waals surface area contributed by atoms with E-state index in [0.29, 0.717) is 12.6 Å². The largest absolute Gasteiger partial charge is 0.489 e. The van der Waals surface area contributed by atoms with Crippen LogP contribution in [0.2, 0.25) is 0 Å². The second-order valence-corrected chi connectivity index (χ2v) is 9.35. The summed E-state index contributed by atoms with van der Waals surface area (Å²) in [6, 6.07) is 8.35. The number of nitrogens with one attached hydrogen (secondary N) is 1. The first-order valence-electron chi connectivity index (χ1n) is 11.8. The molecule has 2 atom stereocenters. The Hall–Kier alpha value is -2.12. The van der Waals surface area contributed by atoms with E-state index in [1.165, 1.54) is 4.90 Å². The molecule has 2 heterocycles. The van der Waals surface area contributed by atoms with Crippen LogP contribution in [0.25, 0.3) is 0 Å². The summed E-state index contributed by atoms with van der Waals surface area (Å²) < 4.78 is 5.98. The summed E-state index contributed by atoms with van der Waals surface area (Å²) in [6.45, 7) is 11.3. The second-order valence-electron chi connectivity index (χ2n) is 9.35. The van der Waals surface area contributed by atoms with Crippen molar-refractivity contribution >= 4 is 17.5 Å². The molecule has 2 saturated heterocycles.